The maximum absolute atomic E-state index is 13.4. The van der Waals surface area contributed by atoms with Crippen LogP contribution in [0.1, 0.15) is 86.5 Å². The van der Waals surface area contributed by atoms with Crippen LogP contribution in [-0.4, -0.2) is 43.2 Å². The number of aromatic amines is 1. The van der Waals surface area contributed by atoms with Crippen molar-refractivity contribution in [2.75, 3.05) is 13.1 Å². The lowest BCUT2D eigenvalue weighted by molar-refractivity contribution is 0.146. The Labute approximate surface area is 189 Å². The van der Waals surface area contributed by atoms with Gasteiger partial charge in [0.1, 0.15) is 6.04 Å². The summed E-state index contributed by atoms with van der Waals surface area (Å²) in [5.41, 5.74) is 3.95. The Balaban J connectivity index is 1.64. The number of tetrazole rings is 1. The van der Waals surface area contributed by atoms with Gasteiger partial charge in [-0.25, -0.2) is 4.68 Å². The summed E-state index contributed by atoms with van der Waals surface area (Å²) in [6.45, 7) is 8.39. The maximum atomic E-state index is 13.4. The SMILES string of the molecule is Cc1cc(C)c2cc([C@H](c3nnnn3C3CCCCC3)N3CCC(C)CC3)c(=O)[nH]c2c1. The summed E-state index contributed by atoms with van der Waals surface area (Å²) in [4.78, 5) is 19.0. The highest BCUT2D eigenvalue weighted by Crippen LogP contribution is 2.35. The molecule has 0 amide bonds. The van der Waals surface area contributed by atoms with Crippen molar-refractivity contribution >= 4 is 10.9 Å². The van der Waals surface area contributed by atoms with Crippen LogP contribution in [0.15, 0.2) is 23.0 Å². The number of hydrogen-bond donors (Lipinski definition) is 1. The van der Waals surface area contributed by atoms with E-state index in [1.165, 1.54) is 24.8 Å². The van der Waals surface area contributed by atoms with E-state index in [1.807, 2.05) is 4.68 Å². The summed E-state index contributed by atoms with van der Waals surface area (Å²) in [5, 5.41) is 14.2. The molecule has 3 aromatic rings. The number of nitrogens with zero attached hydrogens (tertiary/aromatic N) is 5. The minimum Gasteiger partial charge on any atom is -0.322 e. The van der Waals surface area contributed by atoms with Gasteiger partial charge in [-0.05, 0) is 92.2 Å². The summed E-state index contributed by atoms with van der Waals surface area (Å²) in [5.74, 6) is 1.53. The quantitative estimate of drug-likeness (QED) is 0.656. The third-order valence-electron chi connectivity index (χ3n) is 7.50. The Morgan fingerprint density at radius 3 is 2.53 bits per heavy atom. The number of H-pyrrole nitrogens is 1. The molecule has 5 rings (SSSR count). The summed E-state index contributed by atoms with van der Waals surface area (Å²) in [6.07, 6.45) is 8.18. The standard InChI is InChI=1S/C25H34N6O/c1-16-9-11-30(12-10-16)23(24-27-28-29-31(24)19-7-5-4-6-8-19)21-15-20-18(3)13-17(2)14-22(20)26-25(21)32/h13-16,19,23H,4-12H2,1-3H3,(H,26,32)/t23-/m1/s1. The second kappa shape index (κ2) is 8.77. The molecule has 3 heterocycles. The van der Waals surface area contributed by atoms with Crippen molar-refractivity contribution in [2.45, 2.75) is 77.8 Å². The van der Waals surface area contributed by atoms with E-state index < -0.39 is 0 Å². The molecule has 1 aliphatic carbocycles. The fourth-order valence-electron chi connectivity index (χ4n) is 5.64. The molecule has 7 heteroatoms. The molecule has 1 aromatic carbocycles. The molecule has 1 saturated heterocycles. The number of fused-ring (bicyclic) bond motifs is 1. The van der Waals surface area contributed by atoms with Gasteiger partial charge in [-0.3, -0.25) is 9.69 Å². The van der Waals surface area contributed by atoms with E-state index >= 15 is 0 Å². The van der Waals surface area contributed by atoms with Gasteiger partial charge < -0.3 is 4.98 Å². The maximum Gasteiger partial charge on any atom is 0.253 e. The highest BCUT2D eigenvalue weighted by Gasteiger charge is 2.34. The van der Waals surface area contributed by atoms with Crippen LogP contribution in [-0.2, 0) is 0 Å². The minimum atomic E-state index is -0.228. The van der Waals surface area contributed by atoms with Crippen molar-refractivity contribution in [3.8, 4) is 0 Å². The Morgan fingerprint density at radius 1 is 1.03 bits per heavy atom. The van der Waals surface area contributed by atoms with Gasteiger partial charge in [0.25, 0.3) is 5.56 Å². The molecule has 0 spiro atoms. The smallest absolute Gasteiger partial charge is 0.253 e. The first-order valence-electron chi connectivity index (χ1n) is 12.2. The summed E-state index contributed by atoms with van der Waals surface area (Å²) < 4.78 is 2.04. The Kier molecular flexibility index (Phi) is 5.84. The van der Waals surface area contributed by atoms with Crippen molar-refractivity contribution in [1.29, 1.82) is 0 Å². The van der Waals surface area contributed by atoms with Gasteiger partial charge in [-0.15, -0.1) is 5.10 Å². The molecule has 0 bridgehead atoms. The van der Waals surface area contributed by atoms with Crippen LogP contribution in [0.4, 0.5) is 0 Å². The average molecular weight is 435 g/mol. The van der Waals surface area contributed by atoms with E-state index in [0.29, 0.717) is 12.0 Å². The van der Waals surface area contributed by atoms with Crippen LogP contribution in [0.2, 0.25) is 0 Å². The number of hydrogen-bond acceptors (Lipinski definition) is 5. The van der Waals surface area contributed by atoms with E-state index in [-0.39, 0.29) is 11.6 Å². The van der Waals surface area contributed by atoms with Crippen LogP contribution in [0.25, 0.3) is 10.9 Å². The van der Waals surface area contributed by atoms with E-state index in [1.54, 1.807) is 0 Å². The highest BCUT2D eigenvalue weighted by atomic mass is 16.1. The van der Waals surface area contributed by atoms with Crippen molar-refractivity contribution < 1.29 is 0 Å². The largest absolute Gasteiger partial charge is 0.322 e. The second-order valence-corrected chi connectivity index (χ2v) is 9.99. The Bertz CT molecular complexity index is 1150. The molecule has 7 nitrogen and oxygen atoms in total. The molecule has 1 aliphatic heterocycles. The van der Waals surface area contributed by atoms with E-state index in [2.05, 4.69) is 64.4 Å². The highest BCUT2D eigenvalue weighted by molar-refractivity contribution is 5.83. The van der Waals surface area contributed by atoms with Crippen molar-refractivity contribution in [2.24, 2.45) is 5.92 Å². The number of pyridine rings is 1. The topological polar surface area (TPSA) is 79.7 Å². The zero-order valence-corrected chi connectivity index (χ0v) is 19.5. The molecule has 0 radical (unpaired) electrons. The Hall–Kier alpha value is -2.54. The lowest BCUT2D eigenvalue weighted by Crippen LogP contribution is -2.40. The molecule has 0 unspecified atom stereocenters. The zero-order chi connectivity index (χ0) is 22.2. The Morgan fingerprint density at radius 2 is 1.78 bits per heavy atom. The molecule has 1 N–H and O–H groups in total. The van der Waals surface area contributed by atoms with Crippen molar-refractivity contribution in [1.82, 2.24) is 30.1 Å². The molecule has 1 saturated carbocycles. The molecule has 2 fully saturated rings. The van der Waals surface area contributed by atoms with Crippen LogP contribution >= 0.6 is 0 Å². The molecular weight excluding hydrogens is 400 g/mol. The summed E-state index contributed by atoms with van der Waals surface area (Å²) >= 11 is 0. The van der Waals surface area contributed by atoms with Crippen LogP contribution < -0.4 is 5.56 Å². The fourth-order valence-corrected chi connectivity index (χ4v) is 5.64. The van der Waals surface area contributed by atoms with Crippen LogP contribution in [0.5, 0.6) is 0 Å². The van der Waals surface area contributed by atoms with E-state index in [9.17, 15) is 4.79 Å². The normalized spacial score (nSPS) is 20.1. The van der Waals surface area contributed by atoms with Crippen LogP contribution in [0, 0.1) is 19.8 Å². The molecule has 32 heavy (non-hydrogen) atoms. The number of aromatic nitrogens is 5. The first-order chi connectivity index (χ1) is 15.5. The fraction of sp³-hybridized carbons (Fsp3) is 0.600. The second-order valence-electron chi connectivity index (χ2n) is 9.99. The third-order valence-corrected chi connectivity index (χ3v) is 7.50. The number of nitrogens with one attached hydrogen (secondary N) is 1. The van der Waals surface area contributed by atoms with E-state index in [4.69, 9.17) is 0 Å². The predicted molar refractivity (Wildman–Crippen MR) is 126 cm³/mol. The van der Waals surface area contributed by atoms with Crippen molar-refractivity contribution in [3.05, 3.63) is 51.1 Å². The van der Waals surface area contributed by atoms with Gasteiger partial charge in [0.15, 0.2) is 5.82 Å². The van der Waals surface area contributed by atoms with Gasteiger partial charge in [0.2, 0.25) is 0 Å². The predicted octanol–water partition coefficient (Wildman–Crippen LogP) is 4.46. The number of piperidine rings is 1. The first-order valence-corrected chi connectivity index (χ1v) is 12.2. The van der Waals surface area contributed by atoms with Crippen LogP contribution in [0.3, 0.4) is 0 Å². The minimum absolute atomic E-state index is 0.0377. The summed E-state index contributed by atoms with van der Waals surface area (Å²) in [6, 6.07) is 6.41. The third kappa shape index (κ3) is 3.98. The van der Waals surface area contributed by atoms with Gasteiger partial charge in [0.05, 0.1) is 6.04 Å². The molecule has 2 aromatic heterocycles. The number of likely N-dealkylation sites (tertiary alicyclic amines) is 1. The lowest BCUT2D eigenvalue weighted by atomic mass is 9.93. The lowest BCUT2D eigenvalue weighted by Gasteiger charge is -2.36. The zero-order valence-electron chi connectivity index (χ0n) is 19.5. The molecule has 2 aliphatic rings. The van der Waals surface area contributed by atoms with Gasteiger partial charge >= 0.3 is 0 Å². The van der Waals surface area contributed by atoms with Gasteiger partial charge in [-0.1, -0.05) is 32.3 Å². The number of benzene rings is 1. The molecular formula is C25H34N6O. The number of rotatable bonds is 4. The first kappa shape index (κ1) is 21.3. The van der Waals surface area contributed by atoms with E-state index in [0.717, 1.165) is 66.6 Å². The molecule has 1 atom stereocenters. The molecule has 170 valence electrons. The average Bonchev–Trinajstić information content (AvgIpc) is 3.26. The van der Waals surface area contributed by atoms with Crippen molar-refractivity contribution in [3.63, 3.8) is 0 Å². The number of aryl methyl sites for hydroxylation is 2. The summed E-state index contributed by atoms with van der Waals surface area (Å²) in [7, 11) is 0. The monoisotopic (exact) mass is 434 g/mol. The van der Waals surface area contributed by atoms with Gasteiger partial charge in [0, 0.05) is 16.5 Å². The van der Waals surface area contributed by atoms with Gasteiger partial charge in [-0.2, -0.15) is 0 Å².